The molecule has 0 bridgehead atoms. The Balaban J connectivity index is 1.36. The molecule has 0 atom stereocenters. The standard InChI is InChI=1S/C19H18BrFN4O4/c20-15-2-1-13(21)9-16(15)28-14-4-7-25(8-5-14)19-22-18(29-23-19)12-3-6-24(10-12)11-17(26)27/h1-3,6,9-10,14H,4-5,7-8,11H2,(H,26,27). The van der Waals surface area contributed by atoms with E-state index in [0.717, 1.165) is 17.3 Å². The Labute approximate surface area is 174 Å². The van der Waals surface area contributed by atoms with Crippen LogP contribution in [0.25, 0.3) is 11.5 Å². The number of rotatable bonds is 6. The summed E-state index contributed by atoms with van der Waals surface area (Å²) >= 11 is 3.38. The second-order valence-corrected chi connectivity index (χ2v) is 7.60. The Morgan fingerprint density at radius 2 is 2.14 bits per heavy atom. The number of hydrogen-bond acceptors (Lipinski definition) is 6. The Kier molecular flexibility index (Phi) is 5.52. The number of carboxylic acids is 1. The second kappa shape index (κ2) is 8.24. The largest absolute Gasteiger partial charge is 0.489 e. The summed E-state index contributed by atoms with van der Waals surface area (Å²) in [6.45, 7) is 1.23. The lowest BCUT2D eigenvalue weighted by molar-refractivity contribution is -0.137. The van der Waals surface area contributed by atoms with E-state index in [1.165, 1.54) is 16.7 Å². The highest BCUT2D eigenvalue weighted by Crippen LogP contribution is 2.29. The maximum absolute atomic E-state index is 13.4. The Morgan fingerprint density at radius 3 is 2.90 bits per heavy atom. The average molecular weight is 465 g/mol. The number of aliphatic carboxylic acids is 1. The smallest absolute Gasteiger partial charge is 0.323 e. The Hall–Kier alpha value is -2.88. The minimum Gasteiger partial charge on any atom is -0.489 e. The lowest BCUT2D eigenvalue weighted by Crippen LogP contribution is -2.38. The minimum atomic E-state index is -0.922. The highest BCUT2D eigenvalue weighted by atomic mass is 79.9. The van der Waals surface area contributed by atoms with Crippen LogP contribution in [0.2, 0.25) is 0 Å². The lowest BCUT2D eigenvalue weighted by Gasteiger charge is -2.31. The molecule has 0 unspecified atom stereocenters. The predicted molar refractivity (Wildman–Crippen MR) is 105 cm³/mol. The normalized spacial score (nSPS) is 14.9. The van der Waals surface area contributed by atoms with Gasteiger partial charge in [-0.2, -0.15) is 4.98 Å². The van der Waals surface area contributed by atoms with Crippen LogP contribution in [0.1, 0.15) is 12.8 Å². The molecule has 0 spiro atoms. The molecule has 0 saturated carbocycles. The fourth-order valence-electron chi connectivity index (χ4n) is 3.20. The van der Waals surface area contributed by atoms with E-state index < -0.39 is 5.97 Å². The van der Waals surface area contributed by atoms with Gasteiger partial charge in [-0.1, -0.05) is 0 Å². The summed E-state index contributed by atoms with van der Waals surface area (Å²) in [5.41, 5.74) is 0.666. The number of halogens is 2. The molecule has 1 fully saturated rings. The summed E-state index contributed by atoms with van der Waals surface area (Å²) in [4.78, 5) is 17.2. The number of ether oxygens (including phenoxy) is 1. The third-order valence-corrected chi connectivity index (χ3v) is 5.30. The molecule has 1 aliphatic heterocycles. The number of nitrogens with zero attached hydrogens (tertiary/aromatic N) is 4. The SMILES string of the molecule is O=C(O)Cn1ccc(-c2nc(N3CCC(Oc4cc(F)ccc4Br)CC3)no2)c1. The lowest BCUT2D eigenvalue weighted by atomic mass is 10.1. The van der Waals surface area contributed by atoms with Crippen molar-refractivity contribution in [3.63, 3.8) is 0 Å². The molecule has 4 rings (SSSR count). The van der Waals surface area contributed by atoms with Crippen molar-refractivity contribution in [2.24, 2.45) is 0 Å². The van der Waals surface area contributed by atoms with E-state index in [0.29, 0.717) is 36.2 Å². The zero-order valence-corrected chi connectivity index (χ0v) is 16.9. The summed E-state index contributed by atoms with van der Waals surface area (Å²) in [7, 11) is 0. The molecule has 0 amide bonds. The third-order valence-electron chi connectivity index (χ3n) is 4.64. The van der Waals surface area contributed by atoms with E-state index in [2.05, 4.69) is 26.1 Å². The van der Waals surface area contributed by atoms with Crippen molar-refractivity contribution in [2.75, 3.05) is 18.0 Å². The van der Waals surface area contributed by atoms with Gasteiger partial charge in [0.05, 0.1) is 10.0 Å². The maximum Gasteiger partial charge on any atom is 0.323 e. The summed E-state index contributed by atoms with van der Waals surface area (Å²) in [5.74, 6) is 0.0598. The van der Waals surface area contributed by atoms with E-state index in [9.17, 15) is 9.18 Å². The van der Waals surface area contributed by atoms with Gasteiger partial charge in [0.2, 0.25) is 0 Å². The van der Waals surface area contributed by atoms with Gasteiger partial charge < -0.3 is 23.8 Å². The molecule has 10 heteroatoms. The summed E-state index contributed by atoms with van der Waals surface area (Å²) in [5, 5.41) is 12.9. The van der Waals surface area contributed by atoms with Crippen molar-refractivity contribution in [3.8, 4) is 17.2 Å². The predicted octanol–water partition coefficient (Wildman–Crippen LogP) is 3.57. The topological polar surface area (TPSA) is 93.6 Å². The first-order valence-electron chi connectivity index (χ1n) is 9.06. The Morgan fingerprint density at radius 1 is 1.34 bits per heavy atom. The van der Waals surface area contributed by atoms with Gasteiger partial charge in [0.1, 0.15) is 24.2 Å². The molecule has 2 aromatic heterocycles. The average Bonchev–Trinajstić information content (AvgIpc) is 3.34. The van der Waals surface area contributed by atoms with Crippen molar-refractivity contribution < 1.29 is 23.6 Å². The maximum atomic E-state index is 13.4. The second-order valence-electron chi connectivity index (χ2n) is 6.74. The van der Waals surface area contributed by atoms with Gasteiger partial charge in [-0.25, -0.2) is 4.39 Å². The Bertz CT molecular complexity index is 1010. The van der Waals surface area contributed by atoms with Crippen LogP contribution in [0.3, 0.4) is 0 Å². The molecule has 1 aliphatic rings. The molecule has 1 saturated heterocycles. The highest BCUT2D eigenvalue weighted by molar-refractivity contribution is 9.10. The number of hydrogen-bond donors (Lipinski definition) is 1. The van der Waals surface area contributed by atoms with Gasteiger partial charge >= 0.3 is 5.97 Å². The fraction of sp³-hybridized carbons (Fsp3) is 0.316. The van der Waals surface area contributed by atoms with Gasteiger partial charge in [-0.3, -0.25) is 4.79 Å². The zero-order valence-electron chi connectivity index (χ0n) is 15.3. The first-order chi connectivity index (χ1) is 14.0. The first-order valence-corrected chi connectivity index (χ1v) is 9.85. The highest BCUT2D eigenvalue weighted by Gasteiger charge is 2.25. The number of piperidine rings is 1. The number of carboxylic acid groups (broad SMARTS) is 1. The van der Waals surface area contributed by atoms with E-state index in [4.69, 9.17) is 14.4 Å². The van der Waals surface area contributed by atoms with Gasteiger partial charge in [0.25, 0.3) is 11.8 Å². The van der Waals surface area contributed by atoms with Crippen LogP contribution in [0.5, 0.6) is 5.75 Å². The van der Waals surface area contributed by atoms with Crippen LogP contribution in [0.4, 0.5) is 10.3 Å². The van der Waals surface area contributed by atoms with Crippen molar-refractivity contribution in [1.29, 1.82) is 0 Å². The van der Waals surface area contributed by atoms with Gasteiger partial charge in [-0.15, -0.1) is 0 Å². The first kappa shape index (κ1) is 19.4. The van der Waals surface area contributed by atoms with Crippen molar-refractivity contribution in [3.05, 3.63) is 46.9 Å². The van der Waals surface area contributed by atoms with Crippen molar-refractivity contribution in [2.45, 2.75) is 25.5 Å². The van der Waals surface area contributed by atoms with E-state index >= 15 is 0 Å². The van der Waals surface area contributed by atoms with Crippen LogP contribution in [0.15, 0.2) is 45.7 Å². The van der Waals surface area contributed by atoms with E-state index in [1.807, 2.05) is 4.90 Å². The molecule has 8 nitrogen and oxygen atoms in total. The van der Waals surface area contributed by atoms with Crippen LogP contribution in [-0.2, 0) is 11.3 Å². The molecule has 0 radical (unpaired) electrons. The molecule has 1 N–H and O–H groups in total. The molecule has 152 valence electrons. The van der Waals surface area contributed by atoms with Crippen molar-refractivity contribution >= 4 is 27.8 Å². The third kappa shape index (κ3) is 4.58. The number of aromatic nitrogens is 3. The van der Waals surface area contributed by atoms with Crippen LogP contribution in [-0.4, -0.2) is 45.0 Å². The number of benzene rings is 1. The van der Waals surface area contributed by atoms with Gasteiger partial charge in [-0.05, 0) is 39.3 Å². The van der Waals surface area contributed by atoms with Crippen LogP contribution >= 0.6 is 15.9 Å². The molecular formula is C19H18BrFN4O4. The number of carbonyl (C=O) groups is 1. The molecular weight excluding hydrogens is 447 g/mol. The summed E-state index contributed by atoms with van der Waals surface area (Å²) < 4.78 is 26.9. The molecule has 1 aromatic carbocycles. The van der Waals surface area contributed by atoms with Gasteiger partial charge in [0.15, 0.2) is 0 Å². The molecule has 29 heavy (non-hydrogen) atoms. The van der Waals surface area contributed by atoms with Crippen LogP contribution in [0, 0.1) is 5.82 Å². The minimum absolute atomic E-state index is 0.0271. The monoisotopic (exact) mass is 464 g/mol. The zero-order chi connectivity index (χ0) is 20.4. The summed E-state index contributed by atoms with van der Waals surface area (Å²) in [6, 6.07) is 6.11. The van der Waals surface area contributed by atoms with E-state index in [1.54, 1.807) is 24.5 Å². The van der Waals surface area contributed by atoms with Crippen molar-refractivity contribution in [1.82, 2.24) is 14.7 Å². The van der Waals surface area contributed by atoms with Crippen LogP contribution < -0.4 is 9.64 Å². The fourth-order valence-corrected chi connectivity index (χ4v) is 3.54. The summed E-state index contributed by atoms with van der Waals surface area (Å²) in [6.07, 6.45) is 4.76. The quantitative estimate of drug-likeness (QED) is 0.595. The van der Waals surface area contributed by atoms with Gasteiger partial charge in [0, 0.05) is 44.4 Å². The van der Waals surface area contributed by atoms with E-state index in [-0.39, 0.29) is 18.5 Å². The molecule has 0 aliphatic carbocycles. The molecule has 3 heterocycles. The molecule has 3 aromatic rings. The number of anilines is 1.